The fourth-order valence-electron chi connectivity index (χ4n) is 2.45. The lowest BCUT2D eigenvalue weighted by Gasteiger charge is -2.26. The van der Waals surface area contributed by atoms with E-state index in [1.807, 2.05) is 12.1 Å². The summed E-state index contributed by atoms with van der Waals surface area (Å²) in [6.45, 7) is 5.58. The number of benzene rings is 1. The summed E-state index contributed by atoms with van der Waals surface area (Å²) in [5.41, 5.74) is 1.25. The van der Waals surface area contributed by atoms with Gasteiger partial charge in [-0.2, -0.15) is 0 Å². The highest BCUT2D eigenvalue weighted by Gasteiger charge is 2.17. The molecule has 1 atom stereocenters. The molecule has 0 aliphatic carbocycles. The quantitative estimate of drug-likeness (QED) is 0.888. The molecule has 0 saturated carbocycles. The first kappa shape index (κ1) is 12.7. The van der Waals surface area contributed by atoms with E-state index in [4.69, 9.17) is 11.6 Å². The van der Waals surface area contributed by atoms with Crippen LogP contribution in [0.15, 0.2) is 24.3 Å². The number of nitrogens with one attached hydrogen (secondary N) is 1. The summed E-state index contributed by atoms with van der Waals surface area (Å²) in [4.78, 5) is 2.45. The molecule has 1 unspecified atom stereocenters. The molecule has 0 spiro atoms. The Bertz CT molecular complexity index is 354. The second-order valence-corrected chi connectivity index (χ2v) is 5.16. The van der Waals surface area contributed by atoms with Gasteiger partial charge in [-0.1, -0.05) is 31.0 Å². The summed E-state index contributed by atoms with van der Waals surface area (Å²) in [5, 5.41) is 4.45. The molecule has 94 valence electrons. The molecule has 1 heterocycles. The SMILES string of the molecule is CCCC1CN(c2cccc(Cl)c2)CCCN1. The van der Waals surface area contributed by atoms with E-state index in [0.29, 0.717) is 6.04 Å². The number of halogens is 1. The van der Waals surface area contributed by atoms with Crippen LogP contribution in [-0.2, 0) is 0 Å². The van der Waals surface area contributed by atoms with E-state index in [-0.39, 0.29) is 0 Å². The zero-order chi connectivity index (χ0) is 12.1. The first-order chi connectivity index (χ1) is 8.29. The van der Waals surface area contributed by atoms with Gasteiger partial charge >= 0.3 is 0 Å². The van der Waals surface area contributed by atoms with Crippen molar-refractivity contribution in [2.75, 3.05) is 24.5 Å². The maximum absolute atomic E-state index is 6.06. The Labute approximate surface area is 109 Å². The van der Waals surface area contributed by atoms with E-state index in [0.717, 1.165) is 24.7 Å². The van der Waals surface area contributed by atoms with Gasteiger partial charge in [-0.15, -0.1) is 0 Å². The summed E-state index contributed by atoms with van der Waals surface area (Å²) >= 11 is 6.06. The largest absolute Gasteiger partial charge is 0.370 e. The van der Waals surface area contributed by atoms with Gasteiger partial charge in [0.2, 0.25) is 0 Å². The number of nitrogens with zero attached hydrogens (tertiary/aromatic N) is 1. The molecular weight excluding hydrogens is 232 g/mol. The molecule has 0 radical (unpaired) electrons. The van der Waals surface area contributed by atoms with Gasteiger partial charge in [-0.25, -0.2) is 0 Å². The van der Waals surface area contributed by atoms with Crippen LogP contribution in [0.3, 0.4) is 0 Å². The molecule has 1 fully saturated rings. The van der Waals surface area contributed by atoms with Gasteiger partial charge in [0.15, 0.2) is 0 Å². The highest BCUT2D eigenvalue weighted by Crippen LogP contribution is 2.21. The summed E-state index contributed by atoms with van der Waals surface area (Å²) in [6.07, 6.45) is 3.69. The minimum Gasteiger partial charge on any atom is -0.370 e. The van der Waals surface area contributed by atoms with Crippen LogP contribution in [0.1, 0.15) is 26.2 Å². The van der Waals surface area contributed by atoms with Gasteiger partial charge in [-0.05, 0) is 37.6 Å². The van der Waals surface area contributed by atoms with Crippen LogP contribution >= 0.6 is 11.6 Å². The lowest BCUT2D eigenvalue weighted by molar-refractivity contribution is 0.502. The topological polar surface area (TPSA) is 15.3 Å². The summed E-state index contributed by atoms with van der Waals surface area (Å²) < 4.78 is 0. The molecule has 1 N–H and O–H groups in total. The lowest BCUT2D eigenvalue weighted by Crippen LogP contribution is -2.37. The third-order valence-corrected chi connectivity index (χ3v) is 3.52. The predicted molar refractivity (Wildman–Crippen MR) is 75.0 cm³/mol. The summed E-state index contributed by atoms with van der Waals surface area (Å²) in [5.74, 6) is 0. The monoisotopic (exact) mass is 252 g/mol. The van der Waals surface area contributed by atoms with E-state index < -0.39 is 0 Å². The van der Waals surface area contributed by atoms with Crippen molar-refractivity contribution in [3.05, 3.63) is 29.3 Å². The molecule has 2 nitrogen and oxygen atoms in total. The fourth-order valence-corrected chi connectivity index (χ4v) is 2.63. The van der Waals surface area contributed by atoms with E-state index in [1.165, 1.54) is 24.9 Å². The molecule has 3 heteroatoms. The molecule has 2 rings (SSSR count). The van der Waals surface area contributed by atoms with Crippen molar-refractivity contribution in [2.24, 2.45) is 0 Å². The van der Waals surface area contributed by atoms with Crippen molar-refractivity contribution >= 4 is 17.3 Å². The average molecular weight is 253 g/mol. The minimum absolute atomic E-state index is 0.612. The fraction of sp³-hybridized carbons (Fsp3) is 0.571. The normalized spacial score (nSPS) is 21.3. The standard InChI is InChI=1S/C14H21ClN2/c1-2-5-13-11-17(9-4-8-16-13)14-7-3-6-12(15)10-14/h3,6-7,10,13,16H,2,4-5,8-9,11H2,1H3. The Morgan fingerprint density at radius 2 is 2.35 bits per heavy atom. The van der Waals surface area contributed by atoms with E-state index in [2.05, 4.69) is 29.3 Å². The molecule has 1 aliphatic heterocycles. The Hall–Kier alpha value is -0.730. The van der Waals surface area contributed by atoms with Crippen LogP contribution in [0, 0.1) is 0 Å². The van der Waals surface area contributed by atoms with Crippen LogP contribution in [0.5, 0.6) is 0 Å². The Balaban J connectivity index is 2.08. The number of hydrogen-bond acceptors (Lipinski definition) is 2. The van der Waals surface area contributed by atoms with Crippen molar-refractivity contribution in [1.29, 1.82) is 0 Å². The third-order valence-electron chi connectivity index (χ3n) is 3.29. The van der Waals surface area contributed by atoms with Crippen LogP contribution in [-0.4, -0.2) is 25.7 Å². The second-order valence-electron chi connectivity index (χ2n) is 4.72. The third kappa shape index (κ3) is 3.62. The summed E-state index contributed by atoms with van der Waals surface area (Å²) in [7, 11) is 0. The van der Waals surface area contributed by atoms with Crippen LogP contribution in [0.2, 0.25) is 5.02 Å². The minimum atomic E-state index is 0.612. The van der Waals surface area contributed by atoms with E-state index >= 15 is 0 Å². The maximum atomic E-state index is 6.06. The predicted octanol–water partition coefficient (Wildman–Crippen LogP) is 3.31. The van der Waals surface area contributed by atoms with Gasteiger partial charge in [-0.3, -0.25) is 0 Å². The van der Waals surface area contributed by atoms with Crippen molar-refractivity contribution in [1.82, 2.24) is 5.32 Å². The van der Waals surface area contributed by atoms with Gasteiger partial charge in [0, 0.05) is 29.8 Å². The first-order valence-electron chi connectivity index (χ1n) is 6.53. The van der Waals surface area contributed by atoms with Crippen molar-refractivity contribution in [3.63, 3.8) is 0 Å². The van der Waals surface area contributed by atoms with E-state index in [9.17, 15) is 0 Å². The highest BCUT2D eigenvalue weighted by molar-refractivity contribution is 6.30. The molecule has 1 aliphatic rings. The Morgan fingerprint density at radius 3 is 3.12 bits per heavy atom. The number of hydrogen-bond donors (Lipinski definition) is 1. The second kappa shape index (κ2) is 6.27. The van der Waals surface area contributed by atoms with Crippen molar-refractivity contribution < 1.29 is 0 Å². The molecule has 0 bridgehead atoms. The highest BCUT2D eigenvalue weighted by atomic mass is 35.5. The van der Waals surface area contributed by atoms with Crippen molar-refractivity contribution in [3.8, 4) is 0 Å². The molecule has 1 saturated heterocycles. The molecule has 17 heavy (non-hydrogen) atoms. The van der Waals surface area contributed by atoms with Crippen LogP contribution in [0.4, 0.5) is 5.69 Å². The van der Waals surface area contributed by atoms with Crippen LogP contribution in [0.25, 0.3) is 0 Å². The average Bonchev–Trinajstić information content (AvgIpc) is 2.55. The number of anilines is 1. The lowest BCUT2D eigenvalue weighted by atomic mass is 10.1. The molecular formula is C14H21ClN2. The zero-order valence-electron chi connectivity index (χ0n) is 10.5. The van der Waals surface area contributed by atoms with E-state index in [1.54, 1.807) is 0 Å². The molecule has 0 amide bonds. The van der Waals surface area contributed by atoms with Gasteiger partial charge < -0.3 is 10.2 Å². The maximum Gasteiger partial charge on any atom is 0.0426 e. The first-order valence-corrected chi connectivity index (χ1v) is 6.91. The molecule has 1 aromatic carbocycles. The smallest absolute Gasteiger partial charge is 0.0426 e. The Kier molecular flexibility index (Phi) is 4.69. The molecule has 1 aromatic rings. The summed E-state index contributed by atoms with van der Waals surface area (Å²) in [6, 6.07) is 8.80. The molecule has 0 aromatic heterocycles. The van der Waals surface area contributed by atoms with Gasteiger partial charge in [0.25, 0.3) is 0 Å². The van der Waals surface area contributed by atoms with Crippen LogP contribution < -0.4 is 10.2 Å². The van der Waals surface area contributed by atoms with Gasteiger partial charge in [0.05, 0.1) is 0 Å². The van der Waals surface area contributed by atoms with Gasteiger partial charge in [0.1, 0.15) is 0 Å². The number of rotatable bonds is 3. The zero-order valence-corrected chi connectivity index (χ0v) is 11.2. The van der Waals surface area contributed by atoms with Crippen molar-refractivity contribution in [2.45, 2.75) is 32.2 Å². The Morgan fingerprint density at radius 1 is 1.47 bits per heavy atom.